The minimum absolute atomic E-state index is 0.0438. The molecule has 19 heavy (non-hydrogen) atoms. The lowest BCUT2D eigenvalue weighted by molar-refractivity contribution is -0.117. The number of hydrogen-bond acceptors (Lipinski definition) is 3. The molecular formula is C15H23N3O. The summed E-state index contributed by atoms with van der Waals surface area (Å²) in [4.78, 5) is 14.2. The van der Waals surface area contributed by atoms with Crippen molar-refractivity contribution in [3.05, 3.63) is 24.3 Å². The lowest BCUT2D eigenvalue weighted by atomic mass is 9.96. The maximum absolute atomic E-state index is 12.0. The maximum Gasteiger partial charge on any atom is 0.238 e. The predicted molar refractivity (Wildman–Crippen MR) is 78.9 cm³/mol. The fourth-order valence-electron chi connectivity index (χ4n) is 2.65. The van der Waals surface area contributed by atoms with Crippen molar-refractivity contribution in [3.63, 3.8) is 0 Å². The van der Waals surface area contributed by atoms with Crippen LogP contribution in [0.4, 0.5) is 11.4 Å². The quantitative estimate of drug-likeness (QED) is 0.818. The van der Waals surface area contributed by atoms with E-state index < -0.39 is 0 Å². The normalized spacial score (nSPS) is 20.2. The number of rotatable bonds is 4. The van der Waals surface area contributed by atoms with Gasteiger partial charge in [0.1, 0.15) is 0 Å². The molecule has 1 aliphatic rings. The zero-order valence-electron chi connectivity index (χ0n) is 11.6. The summed E-state index contributed by atoms with van der Waals surface area (Å²) in [6.07, 6.45) is 3.70. The minimum Gasteiger partial charge on any atom is -0.399 e. The van der Waals surface area contributed by atoms with Crippen LogP contribution in [0, 0.1) is 5.92 Å². The van der Waals surface area contributed by atoms with Gasteiger partial charge in [0, 0.05) is 17.9 Å². The van der Waals surface area contributed by atoms with E-state index in [0.29, 0.717) is 12.2 Å². The molecule has 3 N–H and O–H groups in total. The minimum atomic E-state index is 0.0438. The van der Waals surface area contributed by atoms with Crippen molar-refractivity contribution in [2.45, 2.75) is 26.2 Å². The number of benzene rings is 1. The van der Waals surface area contributed by atoms with Crippen LogP contribution < -0.4 is 11.1 Å². The third kappa shape index (κ3) is 4.24. The molecule has 1 amide bonds. The molecule has 4 nitrogen and oxygen atoms in total. The van der Waals surface area contributed by atoms with Crippen molar-refractivity contribution < 1.29 is 4.79 Å². The summed E-state index contributed by atoms with van der Waals surface area (Å²) in [7, 11) is 0. The Bertz CT molecular complexity index is 433. The monoisotopic (exact) mass is 261 g/mol. The Kier molecular flexibility index (Phi) is 4.80. The van der Waals surface area contributed by atoms with Gasteiger partial charge in [-0.15, -0.1) is 0 Å². The van der Waals surface area contributed by atoms with Gasteiger partial charge in [0.2, 0.25) is 5.91 Å². The number of likely N-dealkylation sites (tertiary alicyclic amines) is 1. The molecular weight excluding hydrogens is 238 g/mol. The lowest BCUT2D eigenvalue weighted by Gasteiger charge is -2.31. The summed E-state index contributed by atoms with van der Waals surface area (Å²) in [6.45, 7) is 4.77. The van der Waals surface area contributed by atoms with Gasteiger partial charge in [-0.3, -0.25) is 9.69 Å². The first-order chi connectivity index (χ1) is 9.17. The van der Waals surface area contributed by atoms with E-state index in [2.05, 4.69) is 17.1 Å². The molecule has 0 aromatic heterocycles. The number of nitrogens with two attached hydrogens (primary N) is 1. The number of hydrogen-bond donors (Lipinski definition) is 2. The number of carbonyl (C=O) groups excluding carboxylic acids is 1. The van der Waals surface area contributed by atoms with E-state index in [4.69, 9.17) is 5.73 Å². The van der Waals surface area contributed by atoms with Gasteiger partial charge in [-0.1, -0.05) is 19.4 Å². The largest absolute Gasteiger partial charge is 0.399 e. The van der Waals surface area contributed by atoms with Crippen LogP contribution in [-0.2, 0) is 4.79 Å². The topological polar surface area (TPSA) is 58.4 Å². The van der Waals surface area contributed by atoms with E-state index >= 15 is 0 Å². The summed E-state index contributed by atoms with van der Waals surface area (Å²) in [5.41, 5.74) is 7.13. The maximum atomic E-state index is 12.0. The second-order valence-electron chi connectivity index (χ2n) is 5.33. The molecule has 1 heterocycles. The average molecular weight is 261 g/mol. The van der Waals surface area contributed by atoms with Crippen molar-refractivity contribution in [1.82, 2.24) is 4.90 Å². The molecule has 1 unspecified atom stereocenters. The average Bonchev–Trinajstić information content (AvgIpc) is 2.38. The van der Waals surface area contributed by atoms with E-state index in [9.17, 15) is 4.79 Å². The molecule has 1 fully saturated rings. The molecule has 1 aromatic rings. The molecule has 0 saturated carbocycles. The van der Waals surface area contributed by atoms with E-state index in [1.165, 1.54) is 19.3 Å². The van der Waals surface area contributed by atoms with Crippen LogP contribution in [0.25, 0.3) is 0 Å². The number of anilines is 2. The molecule has 104 valence electrons. The van der Waals surface area contributed by atoms with Gasteiger partial charge in [-0.2, -0.15) is 0 Å². The Labute approximate surface area is 115 Å². The van der Waals surface area contributed by atoms with Crippen LogP contribution in [0.15, 0.2) is 24.3 Å². The first-order valence-corrected chi connectivity index (χ1v) is 7.05. The summed E-state index contributed by atoms with van der Waals surface area (Å²) in [5, 5.41) is 2.90. The summed E-state index contributed by atoms with van der Waals surface area (Å²) in [5.74, 6) is 0.788. The molecule has 1 atom stereocenters. The molecule has 1 saturated heterocycles. The van der Waals surface area contributed by atoms with Crippen LogP contribution >= 0.6 is 0 Å². The fourth-order valence-corrected chi connectivity index (χ4v) is 2.65. The second kappa shape index (κ2) is 6.57. The Balaban J connectivity index is 1.84. The highest BCUT2D eigenvalue weighted by Gasteiger charge is 2.20. The Hall–Kier alpha value is -1.55. The van der Waals surface area contributed by atoms with Crippen molar-refractivity contribution in [3.8, 4) is 0 Å². The lowest BCUT2D eigenvalue weighted by Crippen LogP contribution is -2.40. The number of carbonyl (C=O) groups is 1. The third-order valence-corrected chi connectivity index (χ3v) is 3.72. The zero-order valence-corrected chi connectivity index (χ0v) is 11.6. The molecule has 0 spiro atoms. The van der Waals surface area contributed by atoms with Crippen molar-refractivity contribution in [2.75, 3.05) is 30.7 Å². The van der Waals surface area contributed by atoms with Gasteiger partial charge in [0.25, 0.3) is 0 Å². The van der Waals surface area contributed by atoms with Gasteiger partial charge in [0.05, 0.1) is 6.54 Å². The number of amides is 1. The highest BCUT2D eigenvalue weighted by Crippen LogP contribution is 2.19. The van der Waals surface area contributed by atoms with Gasteiger partial charge >= 0.3 is 0 Å². The van der Waals surface area contributed by atoms with Crippen molar-refractivity contribution >= 4 is 17.3 Å². The first-order valence-electron chi connectivity index (χ1n) is 7.05. The number of nitrogens with zero attached hydrogens (tertiary/aromatic N) is 1. The van der Waals surface area contributed by atoms with Crippen LogP contribution in [0.3, 0.4) is 0 Å². The second-order valence-corrected chi connectivity index (χ2v) is 5.33. The Morgan fingerprint density at radius 1 is 1.53 bits per heavy atom. The standard InChI is InChI=1S/C15H23N3O/c1-2-12-5-4-8-18(10-12)11-15(19)17-14-7-3-6-13(16)9-14/h3,6-7,9,12H,2,4-5,8,10-11,16H2,1H3,(H,17,19). The highest BCUT2D eigenvalue weighted by molar-refractivity contribution is 5.92. The molecule has 0 aliphatic carbocycles. The third-order valence-electron chi connectivity index (χ3n) is 3.72. The Morgan fingerprint density at radius 2 is 2.37 bits per heavy atom. The van der Waals surface area contributed by atoms with E-state index in [1.807, 2.05) is 18.2 Å². The van der Waals surface area contributed by atoms with Crippen molar-refractivity contribution in [2.24, 2.45) is 5.92 Å². The van der Waals surface area contributed by atoms with Gasteiger partial charge in [0.15, 0.2) is 0 Å². The van der Waals surface area contributed by atoms with Gasteiger partial charge < -0.3 is 11.1 Å². The van der Waals surface area contributed by atoms with Crippen LogP contribution in [0.2, 0.25) is 0 Å². The Morgan fingerprint density at radius 3 is 3.11 bits per heavy atom. The molecule has 0 bridgehead atoms. The highest BCUT2D eigenvalue weighted by atomic mass is 16.2. The van der Waals surface area contributed by atoms with Gasteiger partial charge in [-0.25, -0.2) is 0 Å². The number of nitrogen functional groups attached to an aromatic ring is 1. The molecule has 1 aromatic carbocycles. The number of piperidine rings is 1. The van der Waals surface area contributed by atoms with Crippen LogP contribution in [-0.4, -0.2) is 30.4 Å². The summed E-state index contributed by atoms with van der Waals surface area (Å²) in [6, 6.07) is 7.30. The SMILES string of the molecule is CCC1CCCN(CC(=O)Nc2cccc(N)c2)C1. The zero-order chi connectivity index (χ0) is 13.7. The van der Waals surface area contributed by atoms with Gasteiger partial charge in [-0.05, 0) is 43.5 Å². The van der Waals surface area contributed by atoms with E-state index in [1.54, 1.807) is 6.07 Å². The van der Waals surface area contributed by atoms with Crippen LogP contribution in [0.5, 0.6) is 0 Å². The molecule has 4 heteroatoms. The summed E-state index contributed by atoms with van der Waals surface area (Å²) >= 11 is 0. The summed E-state index contributed by atoms with van der Waals surface area (Å²) < 4.78 is 0. The predicted octanol–water partition coefficient (Wildman–Crippen LogP) is 2.33. The smallest absolute Gasteiger partial charge is 0.238 e. The van der Waals surface area contributed by atoms with E-state index in [0.717, 1.165) is 24.7 Å². The number of nitrogens with one attached hydrogen (secondary N) is 1. The molecule has 2 rings (SSSR count). The fraction of sp³-hybridized carbons (Fsp3) is 0.533. The van der Waals surface area contributed by atoms with E-state index in [-0.39, 0.29) is 5.91 Å². The van der Waals surface area contributed by atoms with Crippen LogP contribution in [0.1, 0.15) is 26.2 Å². The van der Waals surface area contributed by atoms with Crippen molar-refractivity contribution in [1.29, 1.82) is 0 Å². The molecule has 1 aliphatic heterocycles. The first kappa shape index (κ1) is 13.9. The molecule has 0 radical (unpaired) electrons.